The van der Waals surface area contributed by atoms with Crippen molar-refractivity contribution in [2.75, 3.05) is 27.7 Å². The number of nitrogens with zero attached hydrogens (tertiary/aromatic N) is 1. The lowest BCUT2D eigenvalue weighted by Gasteiger charge is -2.28. The Bertz CT molecular complexity index is 427. The van der Waals surface area contributed by atoms with E-state index in [1.54, 1.807) is 0 Å². The Morgan fingerprint density at radius 3 is 2.04 bits per heavy atom. The van der Waals surface area contributed by atoms with Crippen molar-refractivity contribution in [2.45, 2.75) is 90.1 Å². The van der Waals surface area contributed by atoms with Gasteiger partial charge in [-0.2, -0.15) is 0 Å². The van der Waals surface area contributed by atoms with E-state index < -0.39 is 12.1 Å². The first-order valence-corrected chi connectivity index (χ1v) is 10.6. The number of carboxylic acids is 1. The van der Waals surface area contributed by atoms with Gasteiger partial charge in [-0.1, -0.05) is 51.2 Å². The van der Waals surface area contributed by atoms with E-state index in [4.69, 9.17) is 9.84 Å². The van der Waals surface area contributed by atoms with E-state index in [0.29, 0.717) is 17.4 Å². The molecule has 0 aromatic rings. The summed E-state index contributed by atoms with van der Waals surface area (Å²) in [6.45, 7) is 2.74. The van der Waals surface area contributed by atoms with Crippen LogP contribution in [-0.2, 0) is 14.3 Å². The number of hydrogen-bond acceptors (Lipinski definition) is 3. The number of likely N-dealkylation sites (N-methyl/N-ethyl adjacent to an activating group) is 1. The number of carboxylic acid groups (broad SMARTS) is 1. The summed E-state index contributed by atoms with van der Waals surface area (Å²) >= 11 is 0. The zero-order valence-corrected chi connectivity index (χ0v) is 18.0. The van der Waals surface area contributed by atoms with Gasteiger partial charge in [0.05, 0.1) is 27.6 Å². The monoisotopic (exact) mass is 384 g/mol. The highest BCUT2D eigenvalue weighted by atomic mass is 16.5. The van der Waals surface area contributed by atoms with Gasteiger partial charge in [-0.25, -0.2) is 0 Å². The van der Waals surface area contributed by atoms with Crippen LogP contribution in [0.4, 0.5) is 0 Å². The van der Waals surface area contributed by atoms with Crippen molar-refractivity contribution >= 4 is 11.9 Å². The van der Waals surface area contributed by atoms with E-state index in [-0.39, 0.29) is 12.4 Å². The van der Waals surface area contributed by atoms with Crippen molar-refractivity contribution in [3.63, 3.8) is 0 Å². The van der Waals surface area contributed by atoms with Gasteiger partial charge in [0.25, 0.3) is 0 Å². The van der Waals surface area contributed by atoms with E-state index in [2.05, 4.69) is 19.1 Å². The smallest absolute Gasteiger partial charge is 0.307 e. The third-order valence-corrected chi connectivity index (χ3v) is 4.34. The molecule has 1 unspecified atom stereocenters. The van der Waals surface area contributed by atoms with Gasteiger partial charge in [-0.15, -0.1) is 0 Å². The lowest BCUT2D eigenvalue weighted by atomic mass is 10.1. The molecule has 0 rings (SSSR count). The minimum atomic E-state index is -0.934. The first-order valence-electron chi connectivity index (χ1n) is 10.6. The Hall–Kier alpha value is -1.36. The molecule has 5 nitrogen and oxygen atoms in total. The predicted octanol–water partition coefficient (Wildman–Crippen LogP) is 4.95. The summed E-state index contributed by atoms with van der Waals surface area (Å²) in [5.41, 5.74) is 0. The van der Waals surface area contributed by atoms with Crippen molar-refractivity contribution in [1.82, 2.24) is 0 Å². The van der Waals surface area contributed by atoms with Crippen LogP contribution < -0.4 is 0 Å². The SMILES string of the molecule is CCCCCCCC/C=C/CCCCC(=O)OC(CC(=O)O)C[N+](C)(C)C. The molecule has 0 aliphatic carbocycles. The standard InChI is InChI=1S/C22H41NO4/c1-5-6-7-8-9-10-11-12-13-14-15-16-17-22(26)27-20(18-21(24)25)19-23(2,3)4/h12-13,20H,5-11,14-19H2,1-4H3/p+1/b13-12+. The molecule has 0 bridgehead atoms. The lowest BCUT2D eigenvalue weighted by molar-refractivity contribution is -0.873. The van der Waals surface area contributed by atoms with Crippen molar-refractivity contribution in [1.29, 1.82) is 0 Å². The van der Waals surface area contributed by atoms with E-state index in [1.165, 1.54) is 38.5 Å². The number of aliphatic carboxylic acids is 1. The molecule has 0 spiro atoms. The molecule has 0 saturated heterocycles. The largest absolute Gasteiger partial charge is 0.481 e. The quantitative estimate of drug-likeness (QED) is 0.167. The average molecular weight is 385 g/mol. The number of rotatable bonds is 17. The number of esters is 1. The molecule has 0 amide bonds. The van der Waals surface area contributed by atoms with Crippen molar-refractivity contribution in [3.8, 4) is 0 Å². The van der Waals surface area contributed by atoms with Crippen LogP contribution in [0.15, 0.2) is 12.2 Å². The molecule has 0 aliphatic heterocycles. The van der Waals surface area contributed by atoms with Crippen molar-refractivity contribution < 1.29 is 23.9 Å². The van der Waals surface area contributed by atoms with Crippen LogP contribution in [0.5, 0.6) is 0 Å². The van der Waals surface area contributed by atoms with Gasteiger partial charge >= 0.3 is 11.9 Å². The molecule has 1 atom stereocenters. The molecular weight excluding hydrogens is 342 g/mol. The van der Waals surface area contributed by atoms with Crippen LogP contribution in [0.2, 0.25) is 0 Å². The molecule has 0 aromatic carbocycles. The maximum absolute atomic E-state index is 12.0. The molecule has 1 N–H and O–H groups in total. The number of quaternary nitrogens is 1. The molecule has 0 saturated carbocycles. The lowest BCUT2D eigenvalue weighted by Crippen LogP contribution is -2.43. The molecule has 27 heavy (non-hydrogen) atoms. The van der Waals surface area contributed by atoms with Gasteiger partial charge in [-0.05, 0) is 32.1 Å². The second-order valence-corrected chi connectivity index (χ2v) is 8.46. The fraction of sp³-hybridized carbons (Fsp3) is 0.818. The van der Waals surface area contributed by atoms with E-state index >= 15 is 0 Å². The summed E-state index contributed by atoms with van der Waals surface area (Å²) in [5.74, 6) is -1.22. The van der Waals surface area contributed by atoms with Crippen LogP contribution in [0.1, 0.15) is 84.0 Å². The van der Waals surface area contributed by atoms with E-state index in [0.717, 1.165) is 25.7 Å². The Labute approximate surface area is 166 Å². The minimum Gasteiger partial charge on any atom is -0.481 e. The van der Waals surface area contributed by atoms with Gasteiger partial charge in [0.2, 0.25) is 0 Å². The van der Waals surface area contributed by atoms with Gasteiger partial charge in [0.1, 0.15) is 6.54 Å². The summed E-state index contributed by atoms with van der Waals surface area (Å²) in [6.07, 6.45) is 15.9. The predicted molar refractivity (Wildman–Crippen MR) is 111 cm³/mol. The third kappa shape index (κ3) is 19.2. The molecular formula is C22H42NO4+. The van der Waals surface area contributed by atoms with Crippen LogP contribution in [0, 0.1) is 0 Å². The Balaban J connectivity index is 3.79. The molecule has 0 fully saturated rings. The zero-order valence-electron chi connectivity index (χ0n) is 18.0. The normalized spacial score (nSPS) is 13.0. The molecule has 0 aliphatic rings. The fourth-order valence-corrected chi connectivity index (χ4v) is 3.00. The number of carbonyl (C=O) groups is 2. The van der Waals surface area contributed by atoms with Crippen molar-refractivity contribution in [3.05, 3.63) is 12.2 Å². The van der Waals surface area contributed by atoms with Gasteiger partial charge in [0, 0.05) is 6.42 Å². The highest BCUT2D eigenvalue weighted by Gasteiger charge is 2.24. The fourth-order valence-electron chi connectivity index (χ4n) is 3.00. The Kier molecular flexibility index (Phi) is 14.9. The highest BCUT2D eigenvalue weighted by Crippen LogP contribution is 2.10. The highest BCUT2D eigenvalue weighted by molar-refractivity contribution is 5.71. The zero-order chi connectivity index (χ0) is 20.5. The summed E-state index contributed by atoms with van der Waals surface area (Å²) < 4.78 is 5.95. The topological polar surface area (TPSA) is 63.6 Å². The molecule has 5 heteroatoms. The van der Waals surface area contributed by atoms with Gasteiger partial charge in [0.15, 0.2) is 6.10 Å². The Morgan fingerprint density at radius 2 is 1.48 bits per heavy atom. The molecule has 0 aromatic heterocycles. The number of unbranched alkanes of at least 4 members (excludes halogenated alkanes) is 8. The van der Waals surface area contributed by atoms with Crippen LogP contribution in [0.3, 0.4) is 0 Å². The van der Waals surface area contributed by atoms with Crippen LogP contribution in [0.25, 0.3) is 0 Å². The number of allylic oxidation sites excluding steroid dienone is 2. The summed E-state index contributed by atoms with van der Waals surface area (Å²) in [6, 6.07) is 0. The second-order valence-electron chi connectivity index (χ2n) is 8.46. The van der Waals surface area contributed by atoms with Gasteiger partial charge < -0.3 is 14.3 Å². The minimum absolute atomic E-state index is 0.136. The maximum Gasteiger partial charge on any atom is 0.307 e. The molecule has 158 valence electrons. The number of carbonyl (C=O) groups excluding carboxylic acids is 1. The summed E-state index contributed by atoms with van der Waals surface area (Å²) in [5, 5.41) is 8.98. The first kappa shape index (κ1) is 25.6. The summed E-state index contributed by atoms with van der Waals surface area (Å²) in [7, 11) is 5.88. The third-order valence-electron chi connectivity index (χ3n) is 4.34. The molecule has 0 heterocycles. The number of hydrogen-bond donors (Lipinski definition) is 1. The van der Waals surface area contributed by atoms with E-state index in [9.17, 15) is 9.59 Å². The summed E-state index contributed by atoms with van der Waals surface area (Å²) in [4.78, 5) is 22.9. The first-order chi connectivity index (χ1) is 12.7. The van der Waals surface area contributed by atoms with Crippen molar-refractivity contribution in [2.24, 2.45) is 0 Å². The second kappa shape index (κ2) is 15.7. The van der Waals surface area contributed by atoms with Gasteiger partial charge in [-0.3, -0.25) is 9.59 Å². The maximum atomic E-state index is 12.0. The van der Waals surface area contributed by atoms with Crippen LogP contribution in [-0.4, -0.2) is 55.3 Å². The Morgan fingerprint density at radius 1 is 0.926 bits per heavy atom. The van der Waals surface area contributed by atoms with E-state index in [1.807, 2.05) is 21.1 Å². The van der Waals surface area contributed by atoms with Crippen LogP contribution >= 0.6 is 0 Å². The number of ether oxygens (including phenoxy) is 1. The average Bonchev–Trinajstić information content (AvgIpc) is 2.53. The molecule has 0 radical (unpaired) electrons.